The smallest absolute Gasteiger partial charge is 0.338 e. The minimum absolute atomic E-state index is 0.155. The fourth-order valence-electron chi connectivity index (χ4n) is 1.76. The number of benzene rings is 2. The van der Waals surface area contributed by atoms with Crippen LogP contribution >= 0.6 is 0 Å². The third-order valence-corrected chi connectivity index (χ3v) is 2.84. The standard InChI is InChI=1S/2C9H8O3/c10-6-5-7-3-1-2-4-8(7)9(11)12;10-6-7-12-9(11)8-4-2-1-3-5-8/h1-4,6H,5H2,(H,11,12);1-6H,7H2. The first kappa shape index (κ1) is 18.8. The summed E-state index contributed by atoms with van der Waals surface area (Å²) in [7, 11) is 0. The largest absolute Gasteiger partial charge is 0.478 e. The van der Waals surface area contributed by atoms with E-state index in [-0.39, 0.29) is 18.6 Å². The number of aromatic carboxylic acids is 1. The Morgan fingerprint density at radius 2 is 1.54 bits per heavy atom. The minimum atomic E-state index is -0.993. The van der Waals surface area contributed by atoms with Gasteiger partial charge in [0, 0.05) is 6.42 Å². The Balaban J connectivity index is 0.000000240. The summed E-state index contributed by atoms with van der Waals surface area (Å²) in [5.41, 5.74) is 1.21. The third-order valence-electron chi connectivity index (χ3n) is 2.84. The van der Waals surface area contributed by atoms with Crippen LogP contribution in [0.2, 0.25) is 0 Å². The van der Waals surface area contributed by atoms with E-state index >= 15 is 0 Å². The summed E-state index contributed by atoms with van der Waals surface area (Å²) < 4.78 is 4.57. The van der Waals surface area contributed by atoms with Crippen LogP contribution in [0.1, 0.15) is 26.3 Å². The minimum Gasteiger partial charge on any atom is -0.478 e. The van der Waals surface area contributed by atoms with Crippen molar-refractivity contribution in [2.75, 3.05) is 6.61 Å². The summed E-state index contributed by atoms with van der Waals surface area (Å²) in [5.74, 6) is -1.46. The molecular formula is C18H16O6. The van der Waals surface area contributed by atoms with E-state index in [1.165, 1.54) is 6.07 Å². The van der Waals surface area contributed by atoms with Gasteiger partial charge in [-0.25, -0.2) is 9.59 Å². The lowest BCUT2D eigenvalue weighted by Gasteiger charge is -1.99. The van der Waals surface area contributed by atoms with Gasteiger partial charge in [-0.15, -0.1) is 0 Å². The van der Waals surface area contributed by atoms with Crippen molar-refractivity contribution in [1.82, 2.24) is 0 Å². The SMILES string of the molecule is O=CCOC(=O)c1ccccc1.O=CCc1ccccc1C(=O)O. The van der Waals surface area contributed by atoms with Gasteiger partial charge >= 0.3 is 11.9 Å². The first-order chi connectivity index (χ1) is 11.6. The molecule has 0 aliphatic rings. The van der Waals surface area contributed by atoms with E-state index in [4.69, 9.17) is 5.11 Å². The molecule has 2 rings (SSSR count). The lowest BCUT2D eigenvalue weighted by Crippen LogP contribution is -2.06. The molecule has 0 saturated carbocycles. The van der Waals surface area contributed by atoms with Gasteiger partial charge < -0.3 is 14.6 Å². The van der Waals surface area contributed by atoms with Crippen molar-refractivity contribution < 1.29 is 29.0 Å². The average molecular weight is 328 g/mol. The second-order valence-electron chi connectivity index (χ2n) is 4.46. The van der Waals surface area contributed by atoms with Crippen molar-refractivity contribution in [3.8, 4) is 0 Å². The number of rotatable bonds is 6. The summed E-state index contributed by atoms with van der Waals surface area (Å²) >= 11 is 0. The van der Waals surface area contributed by atoms with Gasteiger partial charge in [0.1, 0.15) is 12.9 Å². The highest BCUT2D eigenvalue weighted by atomic mass is 16.5. The number of carboxylic acids is 1. The highest BCUT2D eigenvalue weighted by Gasteiger charge is 2.07. The van der Waals surface area contributed by atoms with Crippen molar-refractivity contribution in [3.63, 3.8) is 0 Å². The van der Waals surface area contributed by atoms with Gasteiger partial charge in [0.05, 0.1) is 11.1 Å². The maximum atomic E-state index is 11.0. The number of ether oxygens (including phenoxy) is 1. The molecule has 0 saturated heterocycles. The number of hydrogen-bond acceptors (Lipinski definition) is 5. The first-order valence-electron chi connectivity index (χ1n) is 7.00. The highest BCUT2D eigenvalue weighted by molar-refractivity contribution is 5.90. The van der Waals surface area contributed by atoms with E-state index in [2.05, 4.69) is 4.74 Å². The molecule has 0 aromatic heterocycles. The number of carbonyl (C=O) groups excluding carboxylic acids is 3. The Bertz CT molecular complexity index is 694. The molecule has 0 amide bonds. The van der Waals surface area contributed by atoms with Crippen LogP contribution < -0.4 is 0 Å². The molecule has 0 fully saturated rings. The van der Waals surface area contributed by atoms with Gasteiger partial charge in [-0.1, -0.05) is 36.4 Å². The summed E-state index contributed by atoms with van der Waals surface area (Å²) in [4.78, 5) is 41.6. The molecule has 24 heavy (non-hydrogen) atoms. The van der Waals surface area contributed by atoms with Crippen LogP contribution in [0.4, 0.5) is 0 Å². The Hall–Kier alpha value is -3.28. The van der Waals surface area contributed by atoms with Gasteiger partial charge in [-0.3, -0.25) is 4.79 Å². The van der Waals surface area contributed by atoms with Crippen LogP contribution in [0.25, 0.3) is 0 Å². The summed E-state index contributed by atoms with van der Waals surface area (Å²) in [6.07, 6.45) is 1.39. The molecule has 6 heteroatoms. The number of hydrogen-bond donors (Lipinski definition) is 1. The van der Waals surface area contributed by atoms with E-state index in [9.17, 15) is 19.2 Å². The molecule has 0 bridgehead atoms. The van der Waals surface area contributed by atoms with Crippen LogP contribution in [0.3, 0.4) is 0 Å². The summed E-state index contributed by atoms with van der Waals surface area (Å²) in [5, 5.41) is 8.68. The van der Waals surface area contributed by atoms with Gasteiger partial charge in [0.2, 0.25) is 0 Å². The number of carbonyl (C=O) groups is 4. The van der Waals surface area contributed by atoms with Gasteiger partial charge in [0.15, 0.2) is 6.29 Å². The second kappa shape index (κ2) is 10.4. The van der Waals surface area contributed by atoms with Crippen LogP contribution in [0, 0.1) is 0 Å². The molecule has 0 heterocycles. The van der Waals surface area contributed by atoms with Crippen LogP contribution in [0.5, 0.6) is 0 Å². The van der Waals surface area contributed by atoms with Crippen molar-refractivity contribution in [2.24, 2.45) is 0 Å². The zero-order valence-electron chi connectivity index (χ0n) is 12.8. The lowest BCUT2D eigenvalue weighted by molar-refractivity contribution is -0.110. The van der Waals surface area contributed by atoms with Crippen molar-refractivity contribution in [1.29, 1.82) is 0 Å². The predicted octanol–water partition coefficient (Wildman–Crippen LogP) is 2.17. The Labute approximate surface area is 138 Å². The average Bonchev–Trinajstić information content (AvgIpc) is 2.61. The first-order valence-corrected chi connectivity index (χ1v) is 7.00. The molecule has 1 N–H and O–H groups in total. The normalized spacial score (nSPS) is 9.17. The van der Waals surface area contributed by atoms with E-state index in [0.29, 0.717) is 23.7 Å². The zero-order valence-corrected chi connectivity index (χ0v) is 12.8. The molecular weight excluding hydrogens is 312 g/mol. The van der Waals surface area contributed by atoms with Crippen LogP contribution in [0.15, 0.2) is 54.6 Å². The quantitative estimate of drug-likeness (QED) is 0.644. The van der Waals surface area contributed by atoms with Gasteiger partial charge in [-0.05, 0) is 23.8 Å². The van der Waals surface area contributed by atoms with Gasteiger partial charge in [-0.2, -0.15) is 0 Å². The van der Waals surface area contributed by atoms with E-state index in [1.807, 2.05) is 0 Å². The molecule has 0 unspecified atom stereocenters. The summed E-state index contributed by atoms with van der Waals surface area (Å²) in [6, 6.07) is 15.0. The maximum absolute atomic E-state index is 11.0. The molecule has 0 spiro atoms. The summed E-state index contributed by atoms with van der Waals surface area (Å²) in [6.45, 7) is -0.187. The molecule has 2 aromatic carbocycles. The van der Waals surface area contributed by atoms with E-state index in [0.717, 1.165) is 0 Å². The molecule has 2 aromatic rings. The number of esters is 1. The Kier molecular flexibility index (Phi) is 8.17. The molecule has 0 aliphatic heterocycles. The second-order valence-corrected chi connectivity index (χ2v) is 4.46. The lowest BCUT2D eigenvalue weighted by atomic mass is 10.1. The number of carboxylic acid groups (broad SMARTS) is 1. The monoisotopic (exact) mass is 328 g/mol. The van der Waals surface area contributed by atoms with Crippen molar-refractivity contribution in [3.05, 3.63) is 71.3 Å². The van der Waals surface area contributed by atoms with Crippen molar-refractivity contribution in [2.45, 2.75) is 6.42 Å². The molecule has 124 valence electrons. The van der Waals surface area contributed by atoms with Crippen LogP contribution in [-0.4, -0.2) is 36.2 Å². The Morgan fingerprint density at radius 3 is 2.12 bits per heavy atom. The van der Waals surface area contributed by atoms with Gasteiger partial charge in [0.25, 0.3) is 0 Å². The van der Waals surface area contributed by atoms with E-state index in [1.54, 1.807) is 48.5 Å². The molecule has 0 radical (unpaired) electrons. The molecule has 0 atom stereocenters. The van der Waals surface area contributed by atoms with E-state index < -0.39 is 11.9 Å². The maximum Gasteiger partial charge on any atom is 0.338 e. The topological polar surface area (TPSA) is 97.7 Å². The number of aldehydes is 2. The van der Waals surface area contributed by atoms with Crippen molar-refractivity contribution >= 4 is 24.5 Å². The fraction of sp³-hybridized carbons (Fsp3) is 0.111. The molecule has 0 aliphatic carbocycles. The zero-order chi connectivity index (χ0) is 17.8. The predicted molar refractivity (Wildman–Crippen MR) is 86.0 cm³/mol. The highest BCUT2D eigenvalue weighted by Crippen LogP contribution is 2.08. The fourth-order valence-corrected chi connectivity index (χ4v) is 1.76. The van der Waals surface area contributed by atoms with Crippen LogP contribution in [-0.2, 0) is 20.7 Å². The Morgan fingerprint density at radius 1 is 0.917 bits per heavy atom. The molecule has 6 nitrogen and oxygen atoms in total. The third kappa shape index (κ3) is 6.23.